The van der Waals surface area contributed by atoms with Crippen LogP contribution >= 0.6 is 23.9 Å². The summed E-state index contributed by atoms with van der Waals surface area (Å²) in [4.78, 5) is 11.8. The Bertz CT molecular complexity index is 337. The number of amides is 1. The van der Waals surface area contributed by atoms with Gasteiger partial charge in [-0.05, 0) is 24.4 Å². The van der Waals surface area contributed by atoms with Crippen LogP contribution in [0.3, 0.4) is 0 Å². The maximum Gasteiger partial charge on any atom is 0.273 e. The molecule has 0 bridgehead atoms. The van der Waals surface area contributed by atoms with Crippen molar-refractivity contribution in [2.45, 2.75) is 31.2 Å². The highest BCUT2D eigenvalue weighted by atomic mass is 35.5. The Labute approximate surface area is 104 Å². The van der Waals surface area contributed by atoms with Crippen molar-refractivity contribution in [2.24, 2.45) is 5.73 Å². The molecule has 90 valence electrons. The molecule has 1 saturated carbocycles. The summed E-state index contributed by atoms with van der Waals surface area (Å²) in [5.74, 6) is -0.156. The van der Waals surface area contributed by atoms with Gasteiger partial charge in [-0.2, -0.15) is 0 Å². The molecule has 1 heterocycles. The molecule has 0 aliphatic heterocycles. The highest BCUT2D eigenvalue weighted by Crippen LogP contribution is 2.28. The molecule has 0 aromatic carbocycles. The lowest BCUT2D eigenvalue weighted by atomic mass is 9.98. The van der Waals surface area contributed by atoms with E-state index in [0.29, 0.717) is 12.2 Å². The van der Waals surface area contributed by atoms with E-state index in [1.807, 2.05) is 0 Å². The van der Waals surface area contributed by atoms with Gasteiger partial charge in [-0.3, -0.25) is 4.79 Å². The fourth-order valence-corrected chi connectivity index (χ4v) is 2.44. The third kappa shape index (κ3) is 2.69. The molecule has 0 spiro atoms. The molecule has 7 heteroatoms. The fraction of sp³-hybridized carbons (Fsp3) is 0.667. The monoisotopic (exact) mass is 262 g/mol. The third-order valence-corrected chi connectivity index (χ3v) is 3.43. The maximum atomic E-state index is 11.8. The lowest BCUT2D eigenvalue weighted by Crippen LogP contribution is -2.51. The molecule has 1 aliphatic rings. The highest BCUT2D eigenvalue weighted by molar-refractivity contribution is 7.03. The molecular weight excluding hydrogens is 248 g/mol. The summed E-state index contributed by atoms with van der Waals surface area (Å²) < 4.78 is 3.67. The van der Waals surface area contributed by atoms with Crippen molar-refractivity contribution in [1.82, 2.24) is 14.9 Å². The van der Waals surface area contributed by atoms with Crippen LogP contribution in [0.25, 0.3) is 0 Å². The molecule has 0 saturated heterocycles. The summed E-state index contributed by atoms with van der Waals surface area (Å²) in [7, 11) is 0. The van der Waals surface area contributed by atoms with Crippen molar-refractivity contribution in [3.05, 3.63) is 11.1 Å². The molecule has 0 atom stereocenters. The molecule has 16 heavy (non-hydrogen) atoms. The smallest absolute Gasteiger partial charge is 0.273 e. The van der Waals surface area contributed by atoms with Crippen molar-refractivity contribution in [3.63, 3.8) is 0 Å². The SMILES string of the molecule is Cl.NCC1(NC(=O)c2csnn2)CCCC1. The minimum Gasteiger partial charge on any atom is -0.344 e. The Balaban J connectivity index is 0.00000128. The van der Waals surface area contributed by atoms with Crippen molar-refractivity contribution >= 4 is 29.8 Å². The van der Waals surface area contributed by atoms with E-state index < -0.39 is 0 Å². The van der Waals surface area contributed by atoms with Crippen LogP contribution in [0.1, 0.15) is 36.2 Å². The predicted octanol–water partition coefficient (Wildman–Crippen LogP) is 0.961. The summed E-state index contributed by atoms with van der Waals surface area (Å²) in [5, 5.41) is 8.37. The molecular formula is C9H15ClN4OS. The minimum absolute atomic E-state index is 0. The Hall–Kier alpha value is -0.720. The number of hydrogen-bond donors (Lipinski definition) is 2. The quantitative estimate of drug-likeness (QED) is 0.850. The minimum atomic E-state index is -0.208. The van der Waals surface area contributed by atoms with E-state index in [9.17, 15) is 4.79 Å². The van der Waals surface area contributed by atoms with Crippen molar-refractivity contribution in [1.29, 1.82) is 0 Å². The predicted molar refractivity (Wildman–Crippen MR) is 64.9 cm³/mol. The lowest BCUT2D eigenvalue weighted by molar-refractivity contribution is 0.0898. The average molecular weight is 263 g/mol. The van der Waals surface area contributed by atoms with Gasteiger partial charge in [-0.15, -0.1) is 17.5 Å². The number of hydrogen-bond acceptors (Lipinski definition) is 5. The largest absolute Gasteiger partial charge is 0.344 e. The number of rotatable bonds is 3. The van der Waals surface area contributed by atoms with E-state index in [0.717, 1.165) is 25.7 Å². The molecule has 3 N–H and O–H groups in total. The van der Waals surface area contributed by atoms with Crippen LogP contribution in [0.4, 0.5) is 0 Å². The number of nitrogens with one attached hydrogen (secondary N) is 1. The van der Waals surface area contributed by atoms with E-state index in [4.69, 9.17) is 5.73 Å². The first-order valence-corrected chi connectivity index (χ1v) is 5.89. The van der Waals surface area contributed by atoms with Gasteiger partial charge in [0.15, 0.2) is 5.69 Å². The first kappa shape index (κ1) is 13.3. The van der Waals surface area contributed by atoms with Gasteiger partial charge in [-0.25, -0.2) is 0 Å². The third-order valence-electron chi connectivity index (χ3n) is 2.92. The van der Waals surface area contributed by atoms with Gasteiger partial charge in [0.1, 0.15) is 0 Å². The topological polar surface area (TPSA) is 80.9 Å². The zero-order valence-corrected chi connectivity index (χ0v) is 10.4. The summed E-state index contributed by atoms with van der Waals surface area (Å²) in [6.07, 6.45) is 4.19. The van der Waals surface area contributed by atoms with Crippen molar-refractivity contribution in [2.75, 3.05) is 6.54 Å². The summed E-state index contributed by atoms with van der Waals surface area (Å²) in [6, 6.07) is 0. The second-order valence-corrected chi connectivity index (χ2v) is 4.55. The maximum absolute atomic E-state index is 11.8. The molecule has 1 amide bonds. The summed E-state index contributed by atoms with van der Waals surface area (Å²) >= 11 is 1.18. The van der Waals surface area contributed by atoms with Gasteiger partial charge < -0.3 is 11.1 Å². The lowest BCUT2D eigenvalue weighted by Gasteiger charge is -2.28. The Morgan fingerprint density at radius 1 is 1.56 bits per heavy atom. The number of carbonyl (C=O) groups is 1. The van der Waals surface area contributed by atoms with Crippen LogP contribution in [-0.4, -0.2) is 27.6 Å². The average Bonchev–Trinajstić information content (AvgIpc) is 2.88. The molecule has 1 fully saturated rings. The van der Waals surface area contributed by atoms with Crippen LogP contribution in [0.15, 0.2) is 5.38 Å². The normalized spacial score (nSPS) is 17.8. The fourth-order valence-electron chi connectivity index (χ4n) is 2.00. The van der Waals surface area contributed by atoms with E-state index in [1.54, 1.807) is 5.38 Å². The number of aromatic nitrogens is 2. The summed E-state index contributed by atoms with van der Waals surface area (Å²) in [5.41, 5.74) is 5.90. The van der Waals surface area contributed by atoms with Gasteiger partial charge >= 0.3 is 0 Å². The van der Waals surface area contributed by atoms with E-state index >= 15 is 0 Å². The van der Waals surface area contributed by atoms with Crippen molar-refractivity contribution in [3.8, 4) is 0 Å². The Kier molecular flexibility index (Phi) is 4.64. The number of nitrogens with zero attached hydrogens (tertiary/aromatic N) is 2. The number of carbonyl (C=O) groups excluding carboxylic acids is 1. The van der Waals surface area contributed by atoms with Crippen LogP contribution in [-0.2, 0) is 0 Å². The second kappa shape index (κ2) is 5.56. The van der Waals surface area contributed by atoms with Crippen LogP contribution in [0, 0.1) is 0 Å². The second-order valence-electron chi connectivity index (χ2n) is 3.94. The molecule has 1 aliphatic carbocycles. The molecule has 1 aromatic heterocycles. The zero-order chi connectivity index (χ0) is 10.7. The van der Waals surface area contributed by atoms with Crippen LogP contribution < -0.4 is 11.1 Å². The molecule has 0 unspecified atom stereocenters. The van der Waals surface area contributed by atoms with Crippen LogP contribution in [0.5, 0.6) is 0 Å². The van der Waals surface area contributed by atoms with Gasteiger partial charge in [-0.1, -0.05) is 17.3 Å². The van der Waals surface area contributed by atoms with Gasteiger partial charge in [0, 0.05) is 11.9 Å². The summed E-state index contributed by atoms with van der Waals surface area (Å²) in [6.45, 7) is 0.496. The molecule has 0 radical (unpaired) electrons. The van der Waals surface area contributed by atoms with Gasteiger partial charge in [0.25, 0.3) is 5.91 Å². The van der Waals surface area contributed by atoms with Crippen molar-refractivity contribution < 1.29 is 4.79 Å². The standard InChI is InChI=1S/C9H14N4OS.ClH/c10-6-9(3-1-2-4-9)11-8(14)7-5-15-13-12-7;/h5H,1-4,6,10H2,(H,11,14);1H. The first-order valence-electron chi connectivity index (χ1n) is 5.05. The van der Waals surface area contributed by atoms with Gasteiger partial charge in [0.05, 0.1) is 5.54 Å². The van der Waals surface area contributed by atoms with Gasteiger partial charge in [0.2, 0.25) is 0 Å². The highest BCUT2D eigenvalue weighted by Gasteiger charge is 2.34. The van der Waals surface area contributed by atoms with E-state index in [-0.39, 0.29) is 23.9 Å². The molecule has 1 aromatic rings. The molecule has 5 nitrogen and oxygen atoms in total. The first-order chi connectivity index (χ1) is 7.26. The zero-order valence-electron chi connectivity index (χ0n) is 8.81. The Morgan fingerprint density at radius 2 is 2.25 bits per heavy atom. The number of nitrogens with two attached hydrogens (primary N) is 1. The van der Waals surface area contributed by atoms with E-state index in [2.05, 4.69) is 14.9 Å². The van der Waals surface area contributed by atoms with E-state index in [1.165, 1.54) is 11.5 Å². The van der Waals surface area contributed by atoms with Crippen LogP contribution in [0.2, 0.25) is 0 Å². The Morgan fingerprint density at radius 3 is 2.75 bits per heavy atom. The number of halogens is 1. The molecule has 2 rings (SSSR count).